The molecule has 0 N–H and O–H groups in total. The zero-order valence-electron chi connectivity index (χ0n) is 38.2. The van der Waals surface area contributed by atoms with Gasteiger partial charge in [0.15, 0.2) is 11.2 Å². The lowest BCUT2D eigenvalue weighted by atomic mass is 10.0. The normalized spacial score (nSPS) is 13.0. The summed E-state index contributed by atoms with van der Waals surface area (Å²) in [6.07, 6.45) is 0. The quantitative estimate of drug-likeness (QED) is 0.173. The monoisotopic (exact) mass is 914 g/mol. The molecule has 0 amide bonds. The van der Waals surface area contributed by atoms with Gasteiger partial charge in [-0.2, -0.15) is 0 Å². The van der Waals surface area contributed by atoms with Gasteiger partial charge >= 0.3 is 0 Å². The molecule has 0 saturated heterocycles. The first-order chi connectivity index (χ1) is 35.8. The molecule has 0 unspecified atom stereocenters. The smallest absolute Gasteiger partial charge is 0.159 e. The maximum absolute atomic E-state index is 6.71. The minimum atomic E-state index is 0.894. The highest BCUT2D eigenvalue weighted by molar-refractivity contribution is 6.35. The van der Waals surface area contributed by atoms with Gasteiger partial charge < -0.3 is 26.8 Å². The third-order valence-electron chi connectivity index (χ3n) is 16.6. The molecule has 330 valence electrons. The van der Waals surface area contributed by atoms with Gasteiger partial charge in [-0.25, -0.2) is 0 Å². The van der Waals surface area contributed by atoms with Gasteiger partial charge in [0.1, 0.15) is 11.2 Å². The highest BCUT2D eigenvalue weighted by atomic mass is 16.3. The molecule has 0 aliphatic heterocycles. The molecule has 0 aliphatic rings. The Morgan fingerprint density at radius 1 is 0.236 bits per heavy atom. The van der Waals surface area contributed by atoms with Crippen molar-refractivity contribution in [2.45, 2.75) is 0 Å². The summed E-state index contributed by atoms with van der Waals surface area (Å²) in [4.78, 5) is 0. The number of benzene rings is 11. The van der Waals surface area contributed by atoms with Crippen LogP contribution in [-0.4, -0.2) is 17.9 Å². The van der Waals surface area contributed by atoms with Crippen molar-refractivity contribution in [3.63, 3.8) is 0 Å². The summed E-state index contributed by atoms with van der Waals surface area (Å²) in [5.41, 5.74) is 17.7. The zero-order valence-corrected chi connectivity index (χ0v) is 38.2. The fourth-order valence-electron chi connectivity index (χ4n) is 13.8. The van der Waals surface area contributed by atoms with Gasteiger partial charge in [0, 0.05) is 86.2 Å². The van der Waals surface area contributed by atoms with Crippen molar-refractivity contribution in [3.8, 4) is 11.4 Å². The Kier molecular flexibility index (Phi) is 6.20. The fraction of sp³-hybridized carbons (Fsp3) is 0. The van der Waals surface area contributed by atoms with E-state index in [1.165, 1.54) is 97.7 Å². The van der Waals surface area contributed by atoms with E-state index in [9.17, 15) is 0 Å². The van der Waals surface area contributed by atoms with Crippen LogP contribution in [0.5, 0.6) is 0 Å². The van der Waals surface area contributed by atoms with Gasteiger partial charge in [-0.3, -0.25) is 0 Å². The van der Waals surface area contributed by atoms with Crippen LogP contribution < -0.4 is 0 Å². The van der Waals surface area contributed by atoms with Gasteiger partial charge in [0.05, 0.1) is 66.5 Å². The maximum Gasteiger partial charge on any atom is 0.159 e. The summed E-state index contributed by atoms with van der Waals surface area (Å²) in [5, 5.41) is 19.5. The molecule has 8 heterocycles. The first kappa shape index (κ1) is 36.2. The zero-order chi connectivity index (χ0) is 46.2. The molecule has 0 aliphatic carbocycles. The van der Waals surface area contributed by atoms with Crippen molar-refractivity contribution in [1.29, 1.82) is 0 Å². The van der Waals surface area contributed by atoms with E-state index in [1.807, 2.05) is 12.1 Å². The number of hydrogen-bond acceptors (Lipinski definition) is 2. The third kappa shape index (κ3) is 4.05. The molecule has 6 nitrogen and oxygen atoms in total. The average Bonchev–Trinajstić information content (AvgIpc) is 4.32. The summed E-state index contributed by atoms with van der Waals surface area (Å²) >= 11 is 0. The van der Waals surface area contributed by atoms with Crippen LogP contribution in [0, 0.1) is 0 Å². The highest BCUT2D eigenvalue weighted by Gasteiger charge is 2.28. The summed E-state index contributed by atoms with van der Waals surface area (Å²) in [5.74, 6) is 0. The number of aromatic nitrogens is 4. The van der Waals surface area contributed by atoms with Crippen LogP contribution in [0.15, 0.2) is 215 Å². The highest BCUT2D eigenvalue weighted by Crippen LogP contribution is 2.50. The number of nitrogens with zero attached hydrogens (tertiary/aromatic N) is 4. The molecule has 6 heteroatoms. The van der Waals surface area contributed by atoms with E-state index in [1.54, 1.807) is 0 Å². The second-order valence-electron chi connectivity index (χ2n) is 19.9. The van der Waals surface area contributed by atoms with Crippen LogP contribution in [-0.2, 0) is 0 Å². The van der Waals surface area contributed by atoms with Crippen molar-refractivity contribution >= 4 is 164 Å². The van der Waals surface area contributed by atoms with E-state index in [4.69, 9.17) is 8.83 Å². The van der Waals surface area contributed by atoms with Crippen LogP contribution in [0.2, 0.25) is 0 Å². The van der Waals surface area contributed by atoms with Gasteiger partial charge in [-0.1, -0.05) is 146 Å². The van der Waals surface area contributed by atoms with Crippen molar-refractivity contribution in [1.82, 2.24) is 17.9 Å². The molecule has 72 heavy (non-hydrogen) atoms. The minimum Gasteiger partial charge on any atom is -0.454 e. The van der Waals surface area contributed by atoms with Crippen molar-refractivity contribution in [2.24, 2.45) is 0 Å². The minimum absolute atomic E-state index is 0.894. The van der Waals surface area contributed by atoms with E-state index in [2.05, 4.69) is 212 Å². The van der Waals surface area contributed by atoms with E-state index in [-0.39, 0.29) is 0 Å². The maximum atomic E-state index is 6.71. The summed E-state index contributed by atoms with van der Waals surface area (Å²) in [6, 6.07) is 75.7. The van der Waals surface area contributed by atoms with Gasteiger partial charge in [-0.05, 0) is 60.7 Å². The molecule has 19 aromatic rings. The summed E-state index contributed by atoms with van der Waals surface area (Å²) in [6.45, 7) is 0. The number of furan rings is 2. The van der Waals surface area contributed by atoms with Crippen LogP contribution in [0.4, 0.5) is 0 Å². The molecule has 8 aromatic heterocycles. The van der Waals surface area contributed by atoms with Crippen LogP contribution in [0.3, 0.4) is 0 Å². The van der Waals surface area contributed by atoms with Crippen LogP contribution >= 0.6 is 0 Å². The van der Waals surface area contributed by atoms with E-state index < -0.39 is 0 Å². The molecule has 11 aromatic carbocycles. The molecule has 0 atom stereocenters. The van der Waals surface area contributed by atoms with Gasteiger partial charge in [0.2, 0.25) is 0 Å². The molecule has 0 radical (unpaired) electrons. The largest absolute Gasteiger partial charge is 0.454 e. The Bertz CT molecular complexity index is 5300. The number of fused-ring (bicyclic) bond motifs is 26. The van der Waals surface area contributed by atoms with E-state index >= 15 is 0 Å². The predicted octanol–water partition coefficient (Wildman–Crippen LogP) is 18.0. The molecular weight excluding hydrogens is 881 g/mol. The summed E-state index contributed by atoms with van der Waals surface area (Å²) in [7, 11) is 0. The molecular formula is C66H34N4O2. The molecule has 0 spiro atoms. The molecule has 0 saturated carbocycles. The number of rotatable bonds is 2. The topological polar surface area (TPSA) is 45.0 Å². The van der Waals surface area contributed by atoms with Gasteiger partial charge in [0.25, 0.3) is 0 Å². The summed E-state index contributed by atoms with van der Waals surface area (Å²) < 4.78 is 23.5. The lowest BCUT2D eigenvalue weighted by molar-refractivity contribution is 0.666. The van der Waals surface area contributed by atoms with E-state index in [0.717, 1.165) is 77.3 Å². The lowest BCUT2D eigenvalue weighted by Gasteiger charge is -2.09. The average molecular weight is 915 g/mol. The Hall–Kier alpha value is -9.78. The van der Waals surface area contributed by atoms with Crippen molar-refractivity contribution in [3.05, 3.63) is 206 Å². The first-order valence-corrected chi connectivity index (χ1v) is 24.8. The standard InChI is InChI=1S/C66H34N4O2/c1-5-23-49-45(15-1)59-51(67(49)53-25-11-21-43-35-13-3-7-27-57(35)71-65(43)53)31-29-41-37-17-9-19-39-47-34-56-48(33-55(47)69(61(37)39)63(41)59)40-20-10-18-38-42-30-32-52-60(64(42)70(56)62(38)40)46-16-2-6-24-50(46)68(52)54-26-12-22-44-36-14-4-8-28-58(36)72-66(44)54/h1-34H. The van der Waals surface area contributed by atoms with Crippen LogP contribution in [0.1, 0.15) is 0 Å². The number of para-hydroxylation sites is 8. The Balaban J connectivity index is 0.946. The SMILES string of the molecule is c1ccc2c(c1)oc1c(-n3c4ccccc4c4c3ccc3c5cccc6c7cc8c(cc7n(c65)c34)c3cccc4c5ccc6c(c7ccccc7n6-c6cccc7c6oc6ccccc67)c5n8c34)cccc12. The fourth-order valence-corrected chi connectivity index (χ4v) is 13.8. The Labute approximate surface area is 406 Å². The van der Waals surface area contributed by atoms with Gasteiger partial charge in [-0.15, -0.1) is 0 Å². The second kappa shape index (κ2) is 12.3. The Morgan fingerprint density at radius 3 is 1.07 bits per heavy atom. The van der Waals surface area contributed by atoms with Crippen molar-refractivity contribution in [2.75, 3.05) is 0 Å². The van der Waals surface area contributed by atoms with E-state index in [0.29, 0.717) is 0 Å². The predicted molar refractivity (Wildman–Crippen MR) is 299 cm³/mol. The molecule has 0 fully saturated rings. The third-order valence-corrected chi connectivity index (χ3v) is 16.6. The van der Waals surface area contributed by atoms with Crippen molar-refractivity contribution < 1.29 is 8.83 Å². The number of hydrogen-bond donors (Lipinski definition) is 0. The second-order valence-corrected chi connectivity index (χ2v) is 19.9. The lowest BCUT2D eigenvalue weighted by Crippen LogP contribution is -1.94. The first-order valence-electron chi connectivity index (χ1n) is 24.8. The molecule has 19 rings (SSSR count). The molecule has 0 bridgehead atoms. The Morgan fingerprint density at radius 2 is 0.597 bits per heavy atom. The van der Waals surface area contributed by atoms with Crippen LogP contribution in [0.25, 0.3) is 175 Å².